The van der Waals surface area contributed by atoms with Crippen molar-refractivity contribution in [2.45, 2.75) is 0 Å². The van der Waals surface area contributed by atoms with E-state index in [1.807, 2.05) is 0 Å². The van der Waals surface area contributed by atoms with E-state index in [4.69, 9.17) is 10.0 Å². The molecule has 0 rings (SSSR count). The molecule has 0 aromatic heterocycles. The van der Waals surface area contributed by atoms with Crippen molar-refractivity contribution >= 4 is 93.3 Å². The molecule has 0 bridgehead atoms. The fraction of sp³-hybridized carbons (Fsp3) is 0. The molecule has 1 radical (unpaired) electrons. The van der Waals surface area contributed by atoms with E-state index in [1.54, 1.807) is 0 Å². The average molecular weight is 218 g/mol. The maximum Gasteiger partial charge on any atom is 0.353 e. The first-order valence-corrected chi connectivity index (χ1v) is 8.77. The van der Waals surface area contributed by atoms with Crippen molar-refractivity contribution in [2.24, 2.45) is 0 Å². The summed E-state index contributed by atoms with van der Waals surface area (Å²) < 4.78 is 0. The summed E-state index contributed by atoms with van der Waals surface area (Å²) in [6.07, 6.45) is 0. The largest absolute Gasteiger partial charge is 0.353 e. The van der Waals surface area contributed by atoms with Gasteiger partial charge in [0.25, 0.3) is 0 Å². The van der Waals surface area contributed by atoms with Crippen LogP contribution in [-0.2, 0) is 17.1 Å². The van der Waals surface area contributed by atoms with Gasteiger partial charge in [-0.15, -0.1) is 0 Å². The Labute approximate surface area is 108 Å². The van der Waals surface area contributed by atoms with Gasteiger partial charge >= 0.3 is 74.4 Å². The van der Waals surface area contributed by atoms with Crippen LogP contribution < -0.4 is 0 Å². The molecule has 0 unspecified atom stereocenters. The maximum atomic E-state index is 5.20. The first-order chi connectivity index (χ1) is 1.41. The van der Waals surface area contributed by atoms with E-state index in [0.29, 0.717) is 0 Å². The van der Waals surface area contributed by atoms with E-state index in [-0.39, 0.29) is 91.5 Å². The van der Waals surface area contributed by atoms with E-state index >= 15 is 0 Å². The molecule has 0 fully saturated rings. The van der Waals surface area contributed by atoms with Crippen LogP contribution in [0.5, 0.6) is 0 Å². The Balaban J connectivity index is -0.00000000667. The third-order valence-electron chi connectivity index (χ3n) is 0. The molecule has 0 aromatic rings. The Morgan fingerprint density at radius 1 is 1.50 bits per heavy atom. The summed E-state index contributed by atoms with van der Waals surface area (Å²) in [5.41, 5.74) is 0. The van der Waals surface area contributed by atoms with Crippen LogP contribution in [0.15, 0.2) is 0 Å². The smallest absolute Gasteiger partial charge is 0.273 e. The second-order valence-electron chi connectivity index (χ2n) is 0.267. The standard InChI is InChI=1S/Al.Ca.ClH.Mg.Mn.H3Si.5H/h;;1H;;;1H3;;;;;/q+1;;;;;;;;;;/p-1. The van der Waals surface area contributed by atoms with Crippen LogP contribution in [0.4, 0.5) is 0 Å². The van der Waals surface area contributed by atoms with Crippen molar-refractivity contribution < 1.29 is 17.1 Å². The summed E-state index contributed by atoms with van der Waals surface area (Å²) in [4.78, 5) is 0. The third-order valence-corrected chi connectivity index (χ3v) is 0. The predicted octanol–water partition coefficient (Wildman–Crippen LogP) is -2.98. The molecule has 0 aliphatic heterocycles. The first kappa shape index (κ1) is 22.6. The summed E-state index contributed by atoms with van der Waals surface area (Å²) in [6, 6.07) is 0. The van der Waals surface area contributed by atoms with Crippen LogP contribution in [0.1, 0.15) is 0 Å². The van der Waals surface area contributed by atoms with Crippen molar-refractivity contribution in [3.8, 4) is 0 Å². The Morgan fingerprint density at radius 2 is 1.50 bits per heavy atom. The van der Waals surface area contributed by atoms with Gasteiger partial charge in [0.15, 0.2) is 0 Å². The van der Waals surface area contributed by atoms with Crippen LogP contribution in [0, 0.1) is 0 Å². The SMILES string of the molecule is [CaH2].[MgH2].[Mn].[SiH3][AlH][Cl]. The quantitative estimate of drug-likeness (QED) is 0.380. The van der Waals surface area contributed by atoms with Gasteiger partial charge < -0.3 is 0 Å². The van der Waals surface area contributed by atoms with Gasteiger partial charge in [-0.25, -0.2) is 0 Å². The molecular formula is H8AlCaClMgMnSi. The zero-order valence-corrected chi connectivity index (χ0v) is 7.81. The molecule has 0 spiro atoms. The number of halogens is 1. The van der Waals surface area contributed by atoms with Crippen molar-refractivity contribution in [1.29, 1.82) is 0 Å². The fourth-order valence-corrected chi connectivity index (χ4v) is 0. The van der Waals surface area contributed by atoms with E-state index in [9.17, 15) is 0 Å². The van der Waals surface area contributed by atoms with E-state index in [2.05, 4.69) is 0 Å². The molecule has 0 saturated heterocycles. The Kier molecular flexibility index (Phi) is 88.7. The summed E-state index contributed by atoms with van der Waals surface area (Å²) in [7, 11) is 6.47. The van der Waals surface area contributed by atoms with E-state index < -0.39 is 0 Å². The molecule has 0 N–H and O–H groups in total. The number of rotatable bonds is 0. The average Bonchev–Trinajstić information content (AvgIpc) is 0.918. The molecule has 0 heterocycles. The summed E-state index contributed by atoms with van der Waals surface area (Å²) in [5.74, 6) is 0. The first-order valence-electron chi connectivity index (χ1n) is 0.974. The topological polar surface area (TPSA) is 0 Å². The molecule has 0 amide bonds. The van der Waals surface area contributed by atoms with Gasteiger partial charge in [0.05, 0.1) is 0 Å². The third kappa shape index (κ3) is 25.6. The molecule has 33 valence electrons. The van der Waals surface area contributed by atoms with Gasteiger partial charge in [-0.2, -0.15) is 0 Å². The van der Waals surface area contributed by atoms with Gasteiger partial charge in [0.1, 0.15) is 0 Å². The number of hydrogen-bond donors (Lipinski definition) is 0. The second kappa shape index (κ2) is 23.5. The van der Waals surface area contributed by atoms with E-state index in [1.165, 1.54) is 8.80 Å². The molecular weight excluding hydrogens is 210 g/mol. The van der Waals surface area contributed by atoms with Crippen molar-refractivity contribution in [2.75, 3.05) is 0 Å². The van der Waals surface area contributed by atoms with Crippen molar-refractivity contribution in [1.82, 2.24) is 0 Å². The van der Waals surface area contributed by atoms with Crippen molar-refractivity contribution in [3.63, 3.8) is 0 Å². The van der Waals surface area contributed by atoms with Crippen LogP contribution in [0.2, 0.25) is 0 Å². The van der Waals surface area contributed by atoms with Gasteiger partial charge in [0.2, 0.25) is 0 Å². The molecule has 0 aromatic carbocycles. The Morgan fingerprint density at radius 3 is 1.50 bits per heavy atom. The minimum absolute atomic E-state index is 0. The second-order valence-corrected chi connectivity index (χ2v) is 7.22. The Bertz CT molecular complexity index is 15.5. The van der Waals surface area contributed by atoms with Gasteiger partial charge in [0, 0.05) is 17.1 Å². The molecule has 6 heavy (non-hydrogen) atoms. The van der Waals surface area contributed by atoms with Gasteiger partial charge in [-0.1, -0.05) is 0 Å². The number of hydrogen-bond acceptors (Lipinski definition) is 0. The van der Waals surface area contributed by atoms with Gasteiger partial charge in [-0.05, 0) is 8.80 Å². The van der Waals surface area contributed by atoms with E-state index in [0.717, 1.165) is 0 Å². The summed E-state index contributed by atoms with van der Waals surface area (Å²) >= 11 is 0.0278. The van der Waals surface area contributed by atoms with Crippen LogP contribution in [0.3, 0.4) is 0 Å². The zero-order chi connectivity index (χ0) is 2.71. The molecule has 6 heteroatoms. The monoisotopic (exact) mass is 217 g/mol. The molecule has 0 atom stereocenters. The molecule has 0 saturated carbocycles. The predicted molar refractivity (Wildman–Crippen MR) is 40.0 cm³/mol. The molecule has 0 aliphatic carbocycles. The minimum atomic E-state index is 0. The molecule has 0 aliphatic rings. The van der Waals surface area contributed by atoms with Crippen molar-refractivity contribution in [3.05, 3.63) is 0 Å². The summed E-state index contributed by atoms with van der Waals surface area (Å²) in [5, 5.41) is 0. The summed E-state index contributed by atoms with van der Waals surface area (Å²) in [6.45, 7) is 0. The van der Waals surface area contributed by atoms with Crippen LogP contribution in [0.25, 0.3) is 0 Å². The molecule has 0 nitrogen and oxygen atoms in total. The zero-order valence-electron chi connectivity index (χ0n) is 2.46. The van der Waals surface area contributed by atoms with Gasteiger partial charge in [-0.3, -0.25) is 10.0 Å². The fourth-order valence-electron chi connectivity index (χ4n) is 0. The van der Waals surface area contributed by atoms with Crippen LogP contribution >= 0.6 is 10.0 Å². The normalized spacial score (nSPS) is 2.83. The van der Waals surface area contributed by atoms with Crippen LogP contribution in [-0.4, -0.2) is 83.2 Å². The minimum Gasteiger partial charge on any atom is -0.273 e. The maximum absolute atomic E-state index is 5.20. The Hall–Kier alpha value is 3.58.